The third-order valence-corrected chi connectivity index (χ3v) is 8.41. The minimum atomic E-state index is -1.80. The average molecular weight is 522 g/mol. The van der Waals surface area contributed by atoms with Crippen LogP contribution in [-0.2, 0) is 11.3 Å². The number of aromatic nitrogens is 3. The maximum atomic E-state index is 15.8. The van der Waals surface area contributed by atoms with Crippen molar-refractivity contribution in [3.63, 3.8) is 0 Å². The largest absolute Gasteiger partial charge is 0.340 e. The fourth-order valence-corrected chi connectivity index (χ4v) is 6.31. The van der Waals surface area contributed by atoms with Gasteiger partial charge in [0, 0.05) is 63.9 Å². The zero-order chi connectivity index (χ0) is 25.4. The summed E-state index contributed by atoms with van der Waals surface area (Å²) in [6.07, 6.45) is 3.53. The molecule has 0 saturated carbocycles. The summed E-state index contributed by atoms with van der Waals surface area (Å²) in [6, 6.07) is 12.4. The van der Waals surface area contributed by atoms with Gasteiger partial charge in [0.2, 0.25) is 0 Å². The van der Waals surface area contributed by atoms with Gasteiger partial charge < -0.3 is 9.47 Å². The number of benzene rings is 1. The van der Waals surface area contributed by atoms with Crippen LogP contribution in [0.5, 0.6) is 0 Å². The van der Waals surface area contributed by atoms with Crippen molar-refractivity contribution in [2.45, 2.75) is 43.9 Å². The zero-order valence-electron chi connectivity index (χ0n) is 20.5. The molecule has 5 heterocycles. The van der Waals surface area contributed by atoms with Crippen molar-refractivity contribution in [2.75, 3.05) is 26.2 Å². The van der Waals surface area contributed by atoms with Crippen molar-refractivity contribution in [2.24, 2.45) is 0 Å². The van der Waals surface area contributed by atoms with Crippen LogP contribution in [0.4, 0.5) is 8.78 Å². The quantitative estimate of drug-likeness (QED) is 0.350. The molecule has 9 heteroatoms. The van der Waals surface area contributed by atoms with Gasteiger partial charge in [-0.25, -0.2) is 13.8 Å². The Bertz CT molecular complexity index is 1370. The molecule has 0 N–H and O–H groups in total. The molecule has 2 aliphatic rings. The van der Waals surface area contributed by atoms with Gasteiger partial charge >= 0.3 is 0 Å². The van der Waals surface area contributed by atoms with Gasteiger partial charge in [0.15, 0.2) is 11.5 Å². The van der Waals surface area contributed by atoms with E-state index in [0.717, 1.165) is 17.8 Å². The summed E-state index contributed by atoms with van der Waals surface area (Å²) in [6.45, 7) is 2.94. The molecular weight excluding hydrogens is 492 g/mol. The molecule has 37 heavy (non-hydrogen) atoms. The minimum absolute atomic E-state index is 0.0551. The Hall–Kier alpha value is -3.17. The Morgan fingerprint density at radius 1 is 1.08 bits per heavy atom. The van der Waals surface area contributed by atoms with Crippen molar-refractivity contribution in [1.29, 1.82) is 0 Å². The van der Waals surface area contributed by atoms with Crippen molar-refractivity contribution in [3.8, 4) is 11.5 Å². The van der Waals surface area contributed by atoms with E-state index in [1.165, 1.54) is 17.7 Å². The number of hydrogen-bond acceptors (Lipinski definition) is 5. The molecule has 4 aromatic rings. The number of amides is 1. The number of hydrogen-bond donors (Lipinski definition) is 0. The van der Waals surface area contributed by atoms with E-state index in [4.69, 9.17) is 4.98 Å². The number of thiophene rings is 1. The second-order valence-corrected chi connectivity index (χ2v) is 10.8. The van der Waals surface area contributed by atoms with Crippen LogP contribution in [0.2, 0.25) is 0 Å². The zero-order valence-corrected chi connectivity index (χ0v) is 21.3. The summed E-state index contributed by atoms with van der Waals surface area (Å²) in [5.41, 5.74) is 1.58. The first-order valence-corrected chi connectivity index (χ1v) is 13.8. The summed E-state index contributed by atoms with van der Waals surface area (Å²) in [7, 11) is 0. The standard InChI is InChI=1S/C28H29F2N5OS/c29-21-4-5-25-24(17-21)32-26(23-3-1-2-11-31-23)35(25)22-6-12-34(13-7-22)27(36)28(30)9-14-33(15-10-28)18-20-8-16-37-19-20/h1-5,8,11,16-17,19,22H,6-7,9-10,12-15,18H2. The average Bonchev–Trinajstić information content (AvgIpc) is 3.58. The van der Waals surface area contributed by atoms with Gasteiger partial charge in [0.25, 0.3) is 5.91 Å². The Kier molecular flexibility index (Phi) is 6.50. The van der Waals surface area contributed by atoms with Gasteiger partial charge in [-0.3, -0.25) is 14.7 Å². The van der Waals surface area contributed by atoms with Crippen molar-refractivity contribution in [1.82, 2.24) is 24.3 Å². The number of piperidine rings is 2. The molecule has 0 radical (unpaired) electrons. The predicted octanol–water partition coefficient (Wildman–Crippen LogP) is 5.47. The molecule has 0 unspecified atom stereocenters. The summed E-state index contributed by atoms with van der Waals surface area (Å²) in [4.78, 5) is 26.4. The normalized spacial score (nSPS) is 18.9. The first-order valence-electron chi connectivity index (χ1n) is 12.8. The van der Waals surface area contributed by atoms with E-state index >= 15 is 4.39 Å². The first kappa shape index (κ1) is 24.2. The molecule has 3 aromatic heterocycles. The van der Waals surface area contributed by atoms with Crippen LogP contribution < -0.4 is 0 Å². The van der Waals surface area contributed by atoms with Crippen LogP contribution in [0, 0.1) is 5.82 Å². The number of imidazole rings is 1. The van der Waals surface area contributed by atoms with Crippen LogP contribution in [0.25, 0.3) is 22.6 Å². The van der Waals surface area contributed by atoms with Crippen molar-refractivity contribution in [3.05, 3.63) is 70.8 Å². The van der Waals surface area contributed by atoms with E-state index in [1.807, 2.05) is 18.2 Å². The van der Waals surface area contributed by atoms with Crippen LogP contribution >= 0.6 is 11.3 Å². The van der Waals surface area contributed by atoms with E-state index in [9.17, 15) is 9.18 Å². The number of nitrogens with zero attached hydrogens (tertiary/aromatic N) is 5. The smallest absolute Gasteiger partial charge is 0.260 e. The number of carbonyl (C=O) groups is 1. The van der Waals surface area contributed by atoms with Gasteiger partial charge in [0.1, 0.15) is 11.5 Å². The molecule has 6 nitrogen and oxygen atoms in total. The second-order valence-electron chi connectivity index (χ2n) is 10.0. The fourth-order valence-electron chi connectivity index (χ4n) is 5.65. The second kappa shape index (κ2) is 9.95. The molecule has 0 atom stereocenters. The number of halogens is 2. The molecule has 192 valence electrons. The highest BCUT2D eigenvalue weighted by Crippen LogP contribution is 2.35. The fraction of sp³-hybridized carbons (Fsp3) is 0.393. The Labute approximate surface area is 218 Å². The lowest BCUT2D eigenvalue weighted by atomic mass is 9.90. The first-order chi connectivity index (χ1) is 18.0. The SMILES string of the molecule is O=C(N1CCC(n2c(-c3ccccn3)nc3cc(F)ccc32)CC1)C1(F)CCN(Cc2ccsc2)CC1. The number of carbonyl (C=O) groups excluding carboxylic acids is 1. The van der Waals surface area contributed by atoms with Crippen molar-refractivity contribution < 1.29 is 13.6 Å². The molecule has 2 saturated heterocycles. The van der Waals surface area contributed by atoms with Gasteiger partial charge in [0.05, 0.1) is 11.0 Å². The van der Waals surface area contributed by atoms with Gasteiger partial charge in [-0.05, 0) is 59.5 Å². The highest BCUT2D eigenvalue weighted by atomic mass is 32.1. The lowest BCUT2D eigenvalue weighted by molar-refractivity contribution is -0.148. The van der Waals surface area contributed by atoms with Crippen LogP contribution in [0.1, 0.15) is 37.3 Å². The van der Waals surface area contributed by atoms with E-state index < -0.39 is 5.67 Å². The topological polar surface area (TPSA) is 54.3 Å². The Balaban J connectivity index is 1.15. The van der Waals surface area contributed by atoms with Crippen LogP contribution in [-0.4, -0.2) is 62.1 Å². The van der Waals surface area contributed by atoms with E-state index in [0.29, 0.717) is 50.4 Å². The maximum absolute atomic E-state index is 15.8. The monoisotopic (exact) mass is 521 g/mol. The molecule has 2 fully saturated rings. The Morgan fingerprint density at radius 2 is 1.89 bits per heavy atom. The van der Waals surface area contributed by atoms with Gasteiger partial charge in [-0.2, -0.15) is 11.3 Å². The van der Waals surface area contributed by atoms with E-state index in [-0.39, 0.29) is 30.6 Å². The molecule has 0 bridgehead atoms. The molecule has 2 aliphatic heterocycles. The molecule has 6 rings (SSSR count). The maximum Gasteiger partial charge on any atom is 0.260 e. The summed E-state index contributed by atoms with van der Waals surface area (Å²) in [5.74, 6) is -0.0191. The number of alkyl halides is 1. The third-order valence-electron chi connectivity index (χ3n) is 7.68. The number of pyridine rings is 1. The third kappa shape index (κ3) is 4.78. The lowest BCUT2D eigenvalue weighted by Crippen LogP contribution is -2.53. The minimum Gasteiger partial charge on any atom is -0.340 e. The number of fused-ring (bicyclic) bond motifs is 1. The lowest BCUT2D eigenvalue weighted by Gasteiger charge is -2.40. The number of likely N-dealkylation sites (tertiary alicyclic amines) is 2. The molecule has 1 aromatic carbocycles. The van der Waals surface area contributed by atoms with Crippen LogP contribution in [0.15, 0.2) is 59.4 Å². The molecular formula is C28H29F2N5OS. The van der Waals surface area contributed by atoms with Gasteiger partial charge in [-0.1, -0.05) is 6.07 Å². The van der Waals surface area contributed by atoms with E-state index in [1.54, 1.807) is 28.5 Å². The Morgan fingerprint density at radius 3 is 2.59 bits per heavy atom. The predicted molar refractivity (Wildman–Crippen MR) is 140 cm³/mol. The molecule has 0 aliphatic carbocycles. The van der Waals surface area contributed by atoms with Gasteiger partial charge in [-0.15, -0.1) is 0 Å². The summed E-state index contributed by atoms with van der Waals surface area (Å²) in [5, 5.41) is 4.17. The summed E-state index contributed by atoms with van der Waals surface area (Å²) >= 11 is 1.66. The number of rotatable bonds is 5. The van der Waals surface area contributed by atoms with Crippen LogP contribution in [0.3, 0.4) is 0 Å². The summed E-state index contributed by atoms with van der Waals surface area (Å²) < 4.78 is 31.9. The highest BCUT2D eigenvalue weighted by Gasteiger charge is 2.45. The molecule has 1 amide bonds. The molecule has 0 spiro atoms. The highest BCUT2D eigenvalue weighted by molar-refractivity contribution is 7.07. The van der Waals surface area contributed by atoms with E-state index in [2.05, 4.69) is 31.3 Å². The van der Waals surface area contributed by atoms with Crippen molar-refractivity contribution >= 4 is 28.3 Å².